The van der Waals surface area contributed by atoms with E-state index in [1.165, 1.54) is 6.92 Å². The molecule has 6 heteroatoms. The van der Waals surface area contributed by atoms with E-state index in [9.17, 15) is 9.59 Å². The van der Waals surface area contributed by atoms with E-state index < -0.39 is 11.9 Å². The second kappa shape index (κ2) is 6.58. The predicted molar refractivity (Wildman–Crippen MR) is 69.1 cm³/mol. The number of nitrogens with one attached hydrogen (secondary N) is 2. The molecule has 0 bridgehead atoms. The maximum absolute atomic E-state index is 11.8. The predicted octanol–water partition coefficient (Wildman–Crippen LogP) is 0.507. The van der Waals surface area contributed by atoms with Crippen molar-refractivity contribution in [2.45, 2.75) is 26.3 Å². The number of nitrogens with zero attached hydrogens (tertiary/aromatic N) is 1. The Kier molecular flexibility index (Phi) is 5.10. The molecule has 0 aliphatic carbocycles. The Labute approximate surface area is 106 Å². The van der Waals surface area contributed by atoms with Crippen LogP contribution in [0.3, 0.4) is 0 Å². The second-order valence-electron chi connectivity index (χ2n) is 3.95. The lowest BCUT2D eigenvalue weighted by atomic mass is 10.2. The summed E-state index contributed by atoms with van der Waals surface area (Å²) >= 11 is 0. The van der Waals surface area contributed by atoms with Gasteiger partial charge in [-0.05, 0) is 25.5 Å². The Morgan fingerprint density at radius 3 is 2.83 bits per heavy atom. The fourth-order valence-electron chi connectivity index (χ4n) is 1.27. The first-order chi connectivity index (χ1) is 8.54. The smallest absolute Gasteiger partial charge is 0.252 e. The lowest BCUT2D eigenvalue weighted by Gasteiger charge is -2.11. The molecule has 98 valence electrons. The number of primary amides is 1. The first kappa shape index (κ1) is 14.0. The standard InChI is InChI=1S/C12H18N4O2/c1-3-5-14-10-7-9(4-6-15-10)12(18)16-8(2)11(13)17/h4,6-8H,3,5H2,1-2H3,(H2,13,17)(H,14,15)(H,16,18). The summed E-state index contributed by atoms with van der Waals surface area (Å²) in [4.78, 5) is 26.8. The molecule has 1 rings (SSSR count). The van der Waals surface area contributed by atoms with E-state index in [1.807, 2.05) is 6.92 Å². The SMILES string of the molecule is CCCNc1cc(C(=O)NC(C)C(N)=O)ccn1. The van der Waals surface area contributed by atoms with Crippen molar-refractivity contribution in [3.63, 3.8) is 0 Å². The Morgan fingerprint density at radius 1 is 1.50 bits per heavy atom. The van der Waals surface area contributed by atoms with Crippen LogP contribution < -0.4 is 16.4 Å². The first-order valence-corrected chi connectivity index (χ1v) is 5.84. The van der Waals surface area contributed by atoms with Crippen LogP contribution in [0, 0.1) is 0 Å². The van der Waals surface area contributed by atoms with Crippen molar-refractivity contribution in [2.24, 2.45) is 5.73 Å². The van der Waals surface area contributed by atoms with E-state index in [4.69, 9.17) is 5.73 Å². The average molecular weight is 250 g/mol. The van der Waals surface area contributed by atoms with Crippen LogP contribution in [0.25, 0.3) is 0 Å². The molecule has 0 aliphatic heterocycles. The van der Waals surface area contributed by atoms with Crippen LogP contribution in [-0.4, -0.2) is 29.4 Å². The third kappa shape index (κ3) is 4.04. The third-order valence-electron chi connectivity index (χ3n) is 2.35. The number of anilines is 1. The zero-order valence-corrected chi connectivity index (χ0v) is 10.6. The number of pyridine rings is 1. The van der Waals surface area contributed by atoms with Crippen LogP contribution in [0.2, 0.25) is 0 Å². The van der Waals surface area contributed by atoms with E-state index in [1.54, 1.807) is 18.3 Å². The topological polar surface area (TPSA) is 97.1 Å². The van der Waals surface area contributed by atoms with Gasteiger partial charge >= 0.3 is 0 Å². The fraction of sp³-hybridized carbons (Fsp3) is 0.417. The molecule has 2 amide bonds. The maximum atomic E-state index is 11.8. The van der Waals surface area contributed by atoms with Crippen molar-refractivity contribution in [1.82, 2.24) is 10.3 Å². The van der Waals surface area contributed by atoms with Gasteiger partial charge in [-0.15, -0.1) is 0 Å². The molecule has 0 radical (unpaired) electrons. The van der Waals surface area contributed by atoms with Gasteiger partial charge in [-0.3, -0.25) is 9.59 Å². The molecule has 0 fully saturated rings. The summed E-state index contributed by atoms with van der Waals surface area (Å²) in [6.45, 7) is 4.37. The summed E-state index contributed by atoms with van der Waals surface area (Å²) in [7, 11) is 0. The summed E-state index contributed by atoms with van der Waals surface area (Å²) in [6, 6.07) is 2.52. The molecule has 0 spiro atoms. The van der Waals surface area contributed by atoms with Gasteiger partial charge in [0.1, 0.15) is 11.9 Å². The zero-order chi connectivity index (χ0) is 13.5. The fourth-order valence-corrected chi connectivity index (χ4v) is 1.27. The molecule has 1 aromatic rings. The van der Waals surface area contributed by atoms with Gasteiger partial charge < -0.3 is 16.4 Å². The molecule has 1 heterocycles. The van der Waals surface area contributed by atoms with Crippen LogP contribution in [0.5, 0.6) is 0 Å². The first-order valence-electron chi connectivity index (χ1n) is 5.84. The van der Waals surface area contributed by atoms with Crippen molar-refractivity contribution >= 4 is 17.6 Å². The summed E-state index contributed by atoms with van der Waals surface area (Å²) in [5.41, 5.74) is 5.52. The third-order valence-corrected chi connectivity index (χ3v) is 2.35. The van der Waals surface area contributed by atoms with E-state index in [-0.39, 0.29) is 5.91 Å². The highest BCUT2D eigenvalue weighted by Crippen LogP contribution is 2.07. The minimum atomic E-state index is -0.697. The highest BCUT2D eigenvalue weighted by Gasteiger charge is 2.13. The Hall–Kier alpha value is -2.11. The summed E-state index contributed by atoms with van der Waals surface area (Å²) in [5.74, 6) is -0.277. The van der Waals surface area contributed by atoms with Gasteiger partial charge in [-0.2, -0.15) is 0 Å². The molecule has 1 atom stereocenters. The van der Waals surface area contributed by atoms with Crippen molar-refractivity contribution < 1.29 is 9.59 Å². The van der Waals surface area contributed by atoms with Crippen LogP contribution in [0.1, 0.15) is 30.6 Å². The normalized spacial score (nSPS) is 11.7. The van der Waals surface area contributed by atoms with Crippen molar-refractivity contribution in [1.29, 1.82) is 0 Å². The molecular formula is C12H18N4O2. The maximum Gasteiger partial charge on any atom is 0.252 e. The molecule has 0 aromatic carbocycles. The zero-order valence-electron chi connectivity index (χ0n) is 10.6. The number of nitrogens with two attached hydrogens (primary N) is 1. The van der Waals surface area contributed by atoms with Crippen molar-refractivity contribution in [3.8, 4) is 0 Å². The summed E-state index contributed by atoms with van der Waals surface area (Å²) < 4.78 is 0. The Morgan fingerprint density at radius 2 is 2.22 bits per heavy atom. The van der Waals surface area contributed by atoms with E-state index >= 15 is 0 Å². The quantitative estimate of drug-likeness (QED) is 0.685. The lowest BCUT2D eigenvalue weighted by molar-refractivity contribution is -0.119. The van der Waals surface area contributed by atoms with Gasteiger partial charge in [-0.1, -0.05) is 6.92 Å². The molecule has 0 aliphatic rings. The summed E-state index contributed by atoms with van der Waals surface area (Å²) in [5, 5.41) is 5.59. The molecule has 0 saturated heterocycles. The average Bonchev–Trinajstić information content (AvgIpc) is 2.36. The molecule has 18 heavy (non-hydrogen) atoms. The van der Waals surface area contributed by atoms with Crippen LogP contribution in [0.4, 0.5) is 5.82 Å². The Balaban J connectivity index is 2.70. The number of hydrogen-bond acceptors (Lipinski definition) is 4. The highest BCUT2D eigenvalue weighted by atomic mass is 16.2. The van der Waals surface area contributed by atoms with Gasteiger partial charge in [0, 0.05) is 18.3 Å². The largest absolute Gasteiger partial charge is 0.370 e. The van der Waals surface area contributed by atoms with Gasteiger partial charge in [0.05, 0.1) is 0 Å². The monoisotopic (exact) mass is 250 g/mol. The molecule has 1 aromatic heterocycles. The minimum absolute atomic E-state index is 0.344. The molecule has 4 N–H and O–H groups in total. The number of aromatic nitrogens is 1. The van der Waals surface area contributed by atoms with Gasteiger partial charge in [0.25, 0.3) is 5.91 Å². The lowest BCUT2D eigenvalue weighted by Crippen LogP contribution is -2.42. The van der Waals surface area contributed by atoms with E-state index in [2.05, 4.69) is 15.6 Å². The number of hydrogen-bond donors (Lipinski definition) is 3. The highest BCUT2D eigenvalue weighted by molar-refractivity contribution is 5.97. The number of carbonyl (C=O) groups excluding carboxylic acids is 2. The van der Waals surface area contributed by atoms with Gasteiger partial charge in [0.2, 0.25) is 5.91 Å². The van der Waals surface area contributed by atoms with Crippen LogP contribution in [0.15, 0.2) is 18.3 Å². The van der Waals surface area contributed by atoms with E-state index in [0.29, 0.717) is 11.4 Å². The molecule has 6 nitrogen and oxygen atoms in total. The minimum Gasteiger partial charge on any atom is -0.370 e. The number of carbonyl (C=O) groups is 2. The van der Waals surface area contributed by atoms with Crippen molar-refractivity contribution in [2.75, 3.05) is 11.9 Å². The van der Waals surface area contributed by atoms with Crippen LogP contribution in [-0.2, 0) is 4.79 Å². The van der Waals surface area contributed by atoms with Gasteiger partial charge in [0.15, 0.2) is 0 Å². The molecular weight excluding hydrogens is 232 g/mol. The molecule has 1 unspecified atom stereocenters. The van der Waals surface area contributed by atoms with Crippen LogP contribution >= 0.6 is 0 Å². The van der Waals surface area contributed by atoms with Gasteiger partial charge in [-0.25, -0.2) is 4.98 Å². The number of amides is 2. The molecule has 0 saturated carbocycles. The Bertz CT molecular complexity index is 434. The number of rotatable bonds is 6. The van der Waals surface area contributed by atoms with Crippen molar-refractivity contribution in [3.05, 3.63) is 23.9 Å². The van der Waals surface area contributed by atoms with E-state index in [0.717, 1.165) is 13.0 Å². The summed E-state index contributed by atoms with van der Waals surface area (Å²) in [6.07, 6.45) is 2.51. The second-order valence-corrected chi connectivity index (χ2v) is 3.95.